The van der Waals surface area contributed by atoms with Gasteiger partial charge in [0.25, 0.3) is 0 Å². The summed E-state index contributed by atoms with van der Waals surface area (Å²) in [5.41, 5.74) is -0.0404. The fourth-order valence-electron chi connectivity index (χ4n) is 2.42. The summed E-state index contributed by atoms with van der Waals surface area (Å²) in [4.78, 5) is 28.8. The van der Waals surface area contributed by atoms with E-state index in [9.17, 15) is 14.9 Å². The highest BCUT2D eigenvalue weighted by atomic mass is 35.5. The second-order valence-electron chi connectivity index (χ2n) is 4.96. The number of esters is 1. The molecule has 0 aliphatic carbocycles. The van der Waals surface area contributed by atoms with Crippen molar-refractivity contribution in [2.75, 3.05) is 6.61 Å². The molecule has 0 bridgehead atoms. The molecular weight excluding hydrogens is 344 g/mol. The molecule has 0 unspecified atom stereocenters. The summed E-state index contributed by atoms with van der Waals surface area (Å²) in [6.45, 7) is 1.72. The van der Waals surface area contributed by atoms with Crippen LogP contribution in [0.15, 0.2) is 41.3 Å². The van der Waals surface area contributed by atoms with E-state index in [1.54, 1.807) is 25.1 Å². The number of rotatable bonds is 3. The largest absolute Gasteiger partial charge is 0.461 e. The number of carbonyl (C=O) groups excluding carboxylic acids is 1. The molecule has 0 fully saturated rings. The van der Waals surface area contributed by atoms with Crippen LogP contribution in [0.1, 0.15) is 23.0 Å². The van der Waals surface area contributed by atoms with Crippen molar-refractivity contribution < 1.29 is 9.53 Å². The molecule has 2 aromatic heterocycles. The van der Waals surface area contributed by atoms with E-state index in [1.807, 2.05) is 6.07 Å². The van der Waals surface area contributed by atoms with Crippen molar-refractivity contribution in [3.8, 4) is 11.8 Å². The highest BCUT2D eigenvalue weighted by Crippen LogP contribution is 2.20. The lowest BCUT2D eigenvalue weighted by Gasteiger charge is -2.12. The molecular formula is C17H11ClN4O3. The summed E-state index contributed by atoms with van der Waals surface area (Å²) < 4.78 is 6.28. The van der Waals surface area contributed by atoms with Gasteiger partial charge in [0.1, 0.15) is 5.15 Å². The fraction of sp³-hybridized carbons (Fsp3) is 0.118. The van der Waals surface area contributed by atoms with Crippen LogP contribution in [0.25, 0.3) is 16.6 Å². The standard InChI is InChI=1S/C17H11ClN4O3/c1-2-25-17(24)15-16(23)14-10(9-19)4-3-5-12(14)22(21-15)11-6-7-20-13(18)8-11/h3-8H,2H2,1H3. The van der Waals surface area contributed by atoms with Crippen LogP contribution in [-0.2, 0) is 4.74 Å². The number of aromatic nitrogens is 3. The van der Waals surface area contributed by atoms with E-state index in [0.717, 1.165) is 0 Å². The van der Waals surface area contributed by atoms with Crippen molar-refractivity contribution in [3.05, 3.63) is 63.2 Å². The van der Waals surface area contributed by atoms with Crippen LogP contribution >= 0.6 is 11.6 Å². The van der Waals surface area contributed by atoms with Gasteiger partial charge < -0.3 is 4.74 Å². The second kappa shape index (κ2) is 6.71. The van der Waals surface area contributed by atoms with Crippen LogP contribution < -0.4 is 5.43 Å². The quantitative estimate of drug-likeness (QED) is 0.529. The summed E-state index contributed by atoms with van der Waals surface area (Å²) in [6, 6.07) is 9.89. The van der Waals surface area contributed by atoms with Crippen LogP contribution in [0.3, 0.4) is 0 Å². The monoisotopic (exact) mass is 354 g/mol. The van der Waals surface area contributed by atoms with E-state index in [0.29, 0.717) is 11.2 Å². The normalized spacial score (nSPS) is 10.4. The van der Waals surface area contributed by atoms with Gasteiger partial charge in [-0.25, -0.2) is 14.5 Å². The third-order valence-electron chi connectivity index (χ3n) is 3.46. The van der Waals surface area contributed by atoms with Crippen molar-refractivity contribution in [1.82, 2.24) is 14.8 Å². The number of nitriles is 1. The lowest BCUT2D eigenvalue weighted by Crippen LogP contribution is -2.24. The van der Waals surface area contributed by atoms with E-state index in [2.05, 4.69) is 10.1 Å². The Morgan fingerprint density at radius 3 is 2.88 bits per heavy atom. The molecule has 0 radical (unpaired) electrons. The van der Waals surface area contributed by atoms with Gasteiger partial charge in [-0.05, 0) is 25.1 Å². The van der Waals surface area contributed by atoms with Gasteiger partial charge in [-0.15, -0.1) is 0 Å². The fourth-order valence-corrected chi connectivity index (χ4v) is 2.59. The van der Waals surface area contributed by atoms with Gasteiger partial charge in [0.15, 0.2) is 0 Å². The van der Waals surface area contributed by atoms with Crippen molar-refractivity contribution in [2.45, 2.75) is 6.92 Å². The average molecular weight is 355 g/mol. The Balaban J connectivity index is 2.44. The molecule has 25 heavy (non-hydrogen) atoms. The van der Waals surface area contributed by atoms with Gasteiger partial charge >= 0.3 is 5.97 Å². The number of fused-ring (bicyclic) bond motifs is 1. The summed E-state index contributed by atoms with van der Waals surface area (Å²) in [5.74, 6) is -0.851. The summed E-state index contributed by atoms with van der Waals surface area (Å²) in [6.07, 6.45) is 1.47. The molecule has 3 aromatic rings. The number of halogens is 1. The van der Waals surface area contributed by atoms with Gasteiger partial charge in [-0.1, -0.05) is 17.7 Å². The first-order valence-corrected chi connectivity index (χ1v) is 7.69. The maximum Gasteiger partial charge on any atom is 0.362 e. The lowest BCUT2D eigenvalue weighted by molar-refractivity contribution is 0.0516. The SMILES string of the molecule is CCOC(=O)c1nn(-c2ccnc(Cl)c2)c2cccc(C#N)c2c1=O. The van der Waals surface area contributed by atoms with Crippen LogP contribution in [0, 0.1) is 11.3 Å². The maximum atomic E-state index is 12.7. The Morgan fingerprint density at radius 1 is 1.40 bits per heavy atom. The molecule has 124 valence electrons. The average Bonchev–Trinajstić information content (AvgIpc) is 2.61. The molecule has 3 rings (SSSR count). The second-order valence-corrected chi connectivity index (χ2v) is 5.35. The topological polar surface area (TPSA) is 97.9 Å². The maximum absolute atomic E-state index is 12.7. The first-order chi connectivity index (χ1) is 12.1. The Kier molecular flexibility index (Phi) is 4.46. The highest BCUT2D eigenvalue weighted by Gasteiger charge is 2.21. The Labute approximate surface area is 147 Å². The zero-order valence-corrected chi connectivity index (χ0v) is 13.8. The Bertz CT molecular complexity index is 1090. The van der Waals surface area contributed by atoms with Gasteiger partial charge in [0.2, 0.25) is 11.1 Å². The Morgan fingerprint density at radius 2 is 2.20 bits per heavy atom. The minimum atomic E-state index is -0.851. The van der Waals surface area contributed by atoms with E-state index in [1.165, 1.54) is 23.0 Å². The third-order valence-corrected chi connectivity index (χ3v) is 3.66. The first-order valence-electron chi connectivity index (χ1n) is 7.32. The van der Waals surface area contributed by atoms with Crippen molar-refractivity contribution in [1.29, 1.82) is 5.26 Å². The summed E-state index contributed by atoms with van der Waals surface area (Å²) in [7, 11) is 0. The molecule has 0 spiro atoms. The van der Waals surface area contributed by atoms with E-state index >= 15 is 0 Å². The first kappa shape index (κ1) is 16.6. The van der Waals surface area contributed by atoms with Crippen molar-refractivity contribution >= 4 is 28.5 Å². The van der Waals surface area contributed by atoms with Crippen molar-refractivity contribution in [2.24, 2.45) is 0 Å². The van der Waals surface area contributed by atoms with Crippen LogP contribution in [0.4, 0.5) is 0 Å². The molecule has 2 heterocycles. The third kappa shape index (κ3) is 2.95. The molecule has 1 aromatic carbocycles. The van der Waals surface area contributed by atoms with Crippen molar-refractivity contribution in [3.63, 3.8) is 0 Å². The molecule has 0 atom stereocenters. The highest BCUT2D eigenvalue weighted by molar-refractivity contribution is 6.29. The lowest BCUT2D eigenvalue weighted by atomic mass is 10.1. The van der Waals surface area contributed by atoms with Gasteiger partial charge in [0.05, 0.1) is 34.8 Å². The predicted octanol–water partition coefficient (Wildman–Crippen LogP) is 2.48. The number of carbonyl (C=O) groups is 1. The molecule has 8 heteroatoms. The minimum absolute atomic E-state index is 0.0935. The number of hydrogen-bond donors (Lipinski definition) is 0. The van der Waals surface area contributed by atoms with Gasteiger partial charge in [0, 0.05) is 12.3 Å². The van der Waals surface area contributed by atoms with Gasteiger partial charge in [-0.3, -0.25) is 4.79 Å². The predicted molar refractivity (Wildman–Crippen MR) is 90.8 cm³/mol. The summed E-state index contributed by atoms with van der Waals surface area (Å²) >= 11 is 5.93. The number of pyridine rings is 1. The van der Waals surface area contributed by atoms with Gasteiger partial charge in [-0.2, -0.15) is 10.4 Å². The molecule has 0 saturated heterocycles. The van der Waals surface area contributed by atoms with Crippen LogP contribution in [0.2, 0.25) is 5.15 Å². The smallest absolute Gasteiger partial charge is 0.362 e. The van der Waals surface area contributed by atoms with Crippen LogP contribution in [0.5, 0.6) is 0 Å². The molecule has 0 aliphatic heterocycles. The Hall–Kier alpha value is -3.24. The zero-order valence-electron chi connectivity index (χ0n) is 13.1. The van der Waals surface area contributed by atoms with E-state index < -0.39 is 17.1 Å². The van der Waals surface area contributed by atoms with E-state index in [4.69, 9.17) is 16.3 Å². The van der Waals surface area contributed by atoms with Crippen LogP contribution in [-0.4, -0.2) is 27.3 Å². The number of hydrogen-bond acceptors (Lipinski definition) is 6. The molecule has 7 nitrogen and oxygen atoms in total. The molecule has 0 N–H and O–H groups in total. The van der Waals surface area contributed by atoms with E-state index in [-0.39, 0.29) is 22.7 Å². The molecule has 0 amide bonds. The molecule has 0 aliphatic rings. The number of nitrogens with zero attached hydrogens (tertiary/aromatic N) is 4. The number of ether oxygens (including phenoxy) is 1. The molecule has 0 saturated carbocycles. The number of benzene rings is 1. The zero-order chi connectivity index (χ0) is 18.0. The minimum Gasteiger partial charge on any atom is -0.461 e. The summed E-state index contributed by atoms with van der Waals surface area (Å²) in [5, 5.41) is 13.8.